The van der Waals surface area contributed by atoms with E-state index in [0.29, 0.717) is 0 Å². The van der Waals surface area contributed by atoms with Gasteiger partial charge in [0.05, 0.1) is 11.3 Å². The fourth-order valence-electron chi connectivity index (χ4n) is 1.23. The molecule has 18 heavy (non-hydrogen) atoms. The zero-order valence-corrected chi connectivity index (χ0v) is 10.8. The van der Waals surface area contributed by atoms with E-state index in [2.05, 4.69) is 10.0 Å². The van der Waals surface area contributed by atoms with Gasteiger partial charge < -0.3 is 5.32 Å². The Balaban J connectivity index is 2.42. The van der Waals surface area contributed by atoms with Crippen molar-refractivity contribution >= 4 is 15.9 Å². The van der Waals surface area contributed by atoms with Crippen LogP contribution in [0, 0.1) is 5.82 Å². The predicted octanol–water partition coefficient (Wildman–Crippen LogP) is 0.495. The zero-order valence-electron chi connectivity index (χ0n) is 9.94. The second-order valence-electron chi connectivity index (χ2n) is 3.53. The Bertz CT molecular complexity index is 517. The quantitative estimate of drug-likeness (QED) is 0.742. The Kier molecular flexibility index (Phi) is 5.24. The minimum Gasteiger partial charge on any atom is -0.351 e. The number of carbonyl (C=O) groups is 1. The summed E-state index contributed by atoms with van der Waals surface area (Å²) in [4.78, 5) is 11.5. The summed E-state index contributed by atoms with van der Waals surface area (Å²) in [5.74, 6) is -1.19. The van der Waals surface area contributed by atoms with Crippen LogP contribution in [-0.4, -0.2) is 33.2 Å². The smallest absolute Gasteiger partial charge is 0.254 e. The first-order valence-electron chi connectivity index (χ1n) is 5.46. The van der Waals surface area contributed by atoms with Crippen LogP contribution in [0.4, 0.5) is 4.39 Å². The van der Waals surface area contributed by atoms with Gasteiger partial charge in [-0.25, -0.2) is 17.5 Å². The minimum atomic E-state index is -3.27. The molecule has 0 bridgehead atoms. The fraction of sp³-hybridized carbons (Fsp3) is 0.364. The van der Waals surface area contributed by atoms with E-state index in [1.807, 2.05) is 0 Å². The molecule has 0 spiro atoms. The molecule has 0 atom stereocenters. The average Bonchev–Trinajstić information content (AvgIpc) is 2.35. The zero-order chi connectivity index (χ0) is 13.6. The molecule has 0 aliphatic rings. The standard InChI is InChI=1S/C11H15FN2O3S/c1-2-18(16,17)14-8-7-13-11(15)9-5-3-4-6-10(9)12/h3-6,14H,2,7-8H2,1H3,(H,13,15). The van der Waals surface area contributed by atoms with Crippen LogP contribution in [0.5, 0.6) is 0 Å². The summed E-state index contributed by atoms with van der Waals surface area (Å²) < 4.78 is 37.7. The van der Waals surface area contributed by atoms with Gasteiger partial charge in [-0.15, -0.1) is 0 Å². The van der Waals surface area contributed by atoms with E-state index in [9.17, 15) is 17.6 Å². The van der Waals surface area contributed by atoms with Gasteiger partial charge in [0.1, 0.15) is 5.82 Å². The SMILES string of the molecule is CCS(=O)(=O)NCCNC(=O)c1ccccc1F. The Morgan fingerprint density at radius 1 is 1.28 bits per heavy atom. The van der Waals surface area contributed by atoms with E-state index >= 15 is 0 Å². The van der Waals surface area contributed by atoms with Crippen LogP contribution >= 0.6 is 0 Å². The molecule has 1 amide bonds. The van der Waals surface area contributed by atoms with Crippen molar-refractivity contribution in [1.29, 1.82) is 0 Å². The molecule has 0 aliphatic heterocycles. The van der Waals surface area contributed by atoms with Crippen LogP contribution in [-0.2, 0) is 10.0 Å². The third-order valence-corrected chi connectivity index (χ3v) is 3.64. The Morgan fingerprint density at radius 3 is 2.56 bits per heavy atom. The summed E-state index contributed by atoms with van der Waals surface area (Å²) in [6.45, 7) is 1.70. The van der Waals surface area contributed by atoms with Crippen LogP contribution in [0.3, 0.4) is 0 Å². The average molecular weight is 274 g/mol. The molecular formula is C11H15FN2O3S. The first-order valence-corrected chi connectivity index (χ1v) is 7.11. The maximum Gasteiger partial charge on any atom is 0.254 e. The van der Waals surface area contributed by atoms with E-state index in [1.165, 1.54) is 25.1 Å². The molecule has 0 aliphatic carbocycles. The summed E-state index contributed by atoms with van der Waals surface area (Å²) in [7, 11) is -3.27. The van der Waals surface area contributed by atoms with E-state index < -0.39 is 21.7 Å². The van der Waals surface area contributed by atoms with E-state index in [0.717, 1.165) is 0 Å². The minimum absolute atomic E-state index is 0.0196. The molecule has 0 unspecified atom stereocenters. The first-order chi connectivity index (χ1) is 8.46. The number of hydrogen-bond acceptors (Lipinski definition) is 3. The number of amides is 1. The number of halogens is 1. The van der Waals surface area contributed by atoms with E-state index in [-0.39, 0.29) is 24.4 Å². The highest BCUT2D eigenvalue weighted by atomic mass is 32.2. The van der Waals surface area contributed by atoms with Crippen molar-refractivity contribution in [1.82, 2.24) is 10.0 Å². The predicted molar refractivity (Wildman–Crippen MR) is 66.2 cm³/mol. The number of rotatable bonds is 6. The van der Waals surface area contributed by atoms with Gasteiger partial charge in [-0.05, 0) is 19.1 Å². The number of sulfonamides is 1. The fourth-order valence-corrected chi connectivity index (χ4v) is 1.84. The van der Waals surface area contributed by atoms with Crippen molar-refractivity contribution in [3.05, 3.63) is 35.6 Å². The van der Waals surface area contributed by atoms with Crippen LogP contribution in [0.25, 0.3) is 0 Å². The maximum absolute atomic E-state index is 13.2. The highest BCUT2D eigenvalue weighted by Crippen LogP contribution is 2.05. The van der Waals surface area contributed by atoms with Crippen LogP contribution in [0.1, 0.15) is 17.3 Å². The Morgan fingerprint density at radius 2 is 1.94 bits per heavy atom. The monoisotopic (exact) mass is 274 g/mol. The first kappa shape index (κ1) is 14.6. The summed E-state index contributed by atoms with van der Waals surface area (Å²) >= 11 is 0. The molecule has 1 aromatic carbocycles. The van der Waals surface area contributed by atoms with Gasteiger partial charge in [0.15, 0.2) is 0 Å². The lowest BCUT2D eigenvalue weighted by molar-refractivity contribution is 0.0950. The summed E-state index contributed by atoms with van der Waals surface area (Å²) in [6, 6.07) is 5.59. The lowest BCUT2D eigenvalue weighted by atomic mass is 10.2. The van der Waals surface area contributed by atoms with Crippen molar-refractivity contribution in [2.75, 3.05) is 18.8 Å². The highest BCUT2D eigenvalue weighted by molar-refractivity contribution is 7.89. The van der Waals surface area contributed by atoms with Crippen molar-refractivity contribution in [2.24, 2.45) is 0 Å². The molecular weight excluding hydrogens is 259 g/mol. The molecule has 0 saturated carbocycles. The normalized spacial score (nSPS) is 11.2. The largest absolute Gasteiger partial charge is 0.351 e. The lowest BCUT2D eigenvalue weighted by Gasteiger charge is -2.07. The van der Waals surface area contributed by atoms with Gasteiger partial charge in [-0.3, -0.25) is 4.79 Å². The van der Waals surface area contributed by atoms with Gasteiger partial charge >= 0.3 is 0 Å². The molecule has 0 heterocycles. The van der Waals surface area contributed by atoms with Gasteiger partial charge in [-0.2, -0.15) is 0 Å². The van der Waals surface area contributed by atoms with E-state index in [1.54, 1.807) is 6.07 Å². The summed E-state index contributed by atoms with van der Waals surface area (Å²) in [6.07, 6.45) is 0. The van der Waals surface area contributed by atoms with Gasteiger partial charge in [-0.1, -0.05) is 12.1 Å². The Labute approximate surface area is 105 Å². The molecule has 0 radical (unpaired) electrons. The molecule has 1 aromatic rings. The molecule has 100 valence electrons. The lowest BCUT2D eigenvalue weighted by Crippen LogP contribution is -2.35. The number of nitrogens with one attached hydrogen (secondary N) is 2. The number of hydrogen-bond donors (Lipinski definition) is 2. The van der Waals surface area contributed by atoms with Crippen LogP contribution < -0.4 is 10.0 Å². The Hall–Kier alpha value is -1.47. The highest BCUT2D eigenvalue weighted by Gasteiger charge is 2.10. The van der Waals surface area contributed by atoms with Gasteiger partial charge in [0.2, 0.25) is 10.0 Å². The molecule has 0 saturated heterocycles. The number of benzene rings is 1. The number of carbonyl (C=O) groups excluding carboxylic acids is 1. The van der Waals surface area contributed by atoms with Crippen molar-refractivity contribution in [3.8, 4) is 0 Å². The van der Waals surface area contributed by atoms with Crippen molar-refractivity contribution < 1.29 is 17.6 Å². The van der Waals surface area contributed by atoms with Crippen LogP contribution in [0.2, 0.25) is 0 Å². The van der Waals surface area contributed by atoms with Crippen molar-refractivity contribution in [3.63, 3.8) is 0 Å². The summed E-state index contributed by atoms with van der Waals surface area (Å²) in [5.41, 5.74) is -0.0594. The molecule has 0 aromatic heterocycles. The maximum atomic E-state index is 13.2. The summed E-state index contributed by atoms with van der Waals surface area (Å²) in [5, 5.41) is 2.43. The third-order valence-electron chi connectivity index (χ3n) is 2.23. The van der Waals surface area contributed by atoms with Gasteiger partial charge in [0.25, 0.3) is 5.91 Å². The molecule has 2 N–H and O–H groups in total. The second kappa shape index (κ2) is 6.46. The second-order valence-corrected chi connectivity index (χ2v) is 5.63. The molecule has 5 nitrogen and oxygen atoms in total. The molecule has 7 heteroatoms. The van der Waals surface area contributed by atoms with Crippen LogP contribution in [0.15, 0.2) is 24.3 Å². The third kappa shape index (κ3) is 4.42. The molecule has 0 fully saturated rings. The van der Waals surface area contributed by atoms with E-state index in [4.69, 9.17) is 0 Å². The van der Waals surface area contributed by atoms with Gasteiger partial charge in [0, 0.05) is 13.1 Å². The van der Waals surface area contributed by atoms with Crippen molar-refractivity contribution in [2.45, 2.75) is 6.92 Å². The molecule has 1 rings (SSSR count). The topological polar surface area (TPSA) is 75.3 Å².